The van der Waals surface area contributed by atoms with Crippen molar-refractivity contribution in [3.8, 4) is 11.5 Å². The van der Waals surface area contributed by atoms with Crippen LogP contribution < -0.4 is 9.47 Å². The highest BCUT2D eigenvalue weighted by Crippen LogP contribution is 2.41. The Morgan fingerprint density at radius 2 is 1.96 bits per heavy atom. The lowest BCUT2D eigenvalue weighted by Crippen LogP contribution is -2.25. The topological polar surface area (TPSA) is 66.8 Å². The number of carbonyl (C=O) groups is 2. The molecule has 1 aromatic carbocycles. The van der Waals surface area contributed by atoms with E-state index in [2.05, 4.69) is 0 Å². The molecule has 0 amide bonds. The van der Waals surface area contributed by atoms with E-state index in [1.807, 2.05) is 51.4 Å². The van der Waals surface area contributed by atoms with E-state index in [4.69, 9.17) is 14.2 Å². The molecule has 1 aromatic heterocycles. The third-order valence-corrected chi connectivity index (χ3v) is 4.84. The van der Waals surface area contributed by atoms with Crippen molar-refractivity contribution in [3.63, 3.8) is 0 Å². The van der Waals surface area contributed by atoms with E-state index < -0.39 is 5.97 Å². The molecule has 0 N–H and O–H groups in total. The quantitative estimate of drug-likeness (QED) is 0.576. The van der Waals surface area contributed by atoms with E-state index in [1.54, 1.807) is 12.1 Å². The molecule has 0 aliphatic carbocycles. The Morgan fingerprint density at radius 3 is 2.63 bits per heavy atom. The molecule has 0 fully saturated rings. The summed E-state index contributed by atoms with van der Waals surface area (Å²) >= 11 is 0. The minimum absolute atomic E-state index is 0.227. The summed E-state index contributed by atoms with van der Waals surface area (Å²) in [5.74, 6) is 0.358. The second kappa shape index (κ2) is 7.10. The number of fused-ring (bicyclic) bond motifs is 1. The van der Waals surface area contributed by atoms with Gasteiger partial charge in [0.25, 0.3) is 0 Å². The highest BCUT2D eigenvalue weighted by atomic mass is 16.6. The van der Waals surface area contributed by atoms with E-state index in [0.29, 0.717) is 17.1 Å². The number of Topliss-reactive ketones (excluding diaryl/α,β-unsaturated/α-hetero) is 1. The number of aryl methyl sites for hydroxylation is 1. The Balaban J connectivity index is 1.55. The Hall–Kier alpha value is -2.76. The SMILES string of the molecule is Cc1cc(C(=O)COC(=O)COc2cccc3c2OC(C)(C)C3)c(C)n1C. The predicted octanol–water partition coefficient (Wildman–Crippen LogP) is 3.16. The third kappa shape index (κ3) is 3.99. The van der Waals surface area contributed by atoms with Crippen LogP contribution in [0.1, 0.15) is 41.2 Å². The lowest BCUT2D eigenvalue weighted by Gasteiger charge is -2.18. The van der Waals surface area contributed by atoms with E-state index in [9.17, 15) is 9.59 Å². The summed E-state index contributed by atoms with van der Waals surface area (Å²) in [5, 5.41) is 0. The van der Waals surface area contributed by atoms with Crippen LogP contribution >= 0.6 is 0 Å². The van der Waals surface area contributed by atoms with Crippen LogP contribution in [0.4, 0.5) is 0 Å². The molecule has 0 unspecified atom stereocenters. The highest BCUT2D eigenvalue weighted by molar-refractivity contribution is 5.99. The fourth-order valence-electron chi connectivity index (χ4n) is 3.24. The fourth-order valence-corrected chi connectivity index (χ4v) is 3.24. The van der Waals surface area contributed by atoms with E-state index in [1.165, 1.54) is 0 Å². The van der Waals surface area contributed by atoms with Crippen molar-refractivity contribution < 1.29 is 23.8 Å². The second-order valence-electron chi connectivity index (χ2n) is 7.50. The van der Waals surface area contributed by atoms with Crippen molar-refractivity contribution in [2.75, 3.05) is 13.2 Å². The zero-order valence-corrected chi connectivity index (χ0v) is 16.4. The Bertz CT molecular complexity index is 894. The maximum Gasteiger partial charge on any atom is 0.344 e. The van der Waals surface area contributed by atoms with Gasteiger partial charge in [-0.15, -0.1) is 0 Å². The molecule has 1 aliphatic rings. The smallest absolute Gasteiger partial charge is 0.344 e. The number of ether oxygens (including phenoxy) is 3. The number of aromatic nitrogens is 1. The fraction of sp³-hybridized carbons (Fsp3) is 0.429. The Kier molecular flexibility index (Phi) is 5.00. The molecule has 2 aromatic rings. The van der Waals surface area contributed by atoms with Crippen molar-refractivity contribution in [2.45, 2.75) is 39.7 Å². The predicted molar refractivity (Wildman–Crippen MR) is 101 cm³/mol. The van der Waals surface area contributed by atoms with Gasteiger partial charge in [-0.3, -0.25) is 4.79 Å². The van der Waals surface area contributed by atoms with Crippen LogP contribution in [0.15, 0.2) is 24.3 Å². The summed E-state index contributed by atoms with van der Waals surface area (Å²) in [7, 11) is 1.89. The van der Waals surface area contributed by atoms with Crippen molar-refractivity contribution >= 4 is 11.8 Å². The number of nitrogens with zero attached hydrogens (tertiary/aromatic N) is 1. The van der Waals surface area contributed by atoms with Crippen LogP contribution in [0.3, 0.4) is 0 Å². The van der Waals surface area contributed by atoms with Crippen LogP contribution in [0.5, 0.6) is 11.5 Å². The molecule has 6 nitrogen and oxygen atoms in total. The van der Waals surface area contributed by atoms with Crippen LogP contribution in [-0.2, 0) is 23.0 Å². The lowest BCUT2D eigenvalue weighted by molar-refractivity contribution is -0.144. The Morgan fingerprint density at radius 1 is 1.22 bits per heavy atom. The second-order valence-corrected chi connectivity index (χ2v) is 7.50. The minimum Gasteiger partial charge on any atom is -0.483 e. The van der Waals surface area contributed by atoms with Gasteiger partial charge in [0.05, 0.1) is 0 Å². The van der Waals surface area contributed by atoms with Gasteiger partial charge in [-0.2, -0.15) is 0 Å². The van der Waals surface area contributed by atoms with E-state index >= 15 is 0 Å². The number of carbonyl (C=O) groups excluding carboxylic acids is 2. The van der Waals surface area contributed by atoms with Gasteiger partial charge in [0.15, 0.2) is 24.7 Å². The molecule has 2 heterocycles. The first-order valence-electron chi connectivity index (χ1n) is 8.93. The average Bonchev–Trinajstić information content (AvgIpc) is 3.07. The van der Waals surface area contributed by atoms with Crippen LogP contribution in [0.25, 0.3) is 0 Å². The highest BCUT2D eigenvalue weighted by Gasteiger charge is 2.32. The summed E-state index contributed by atoms with van der Waals surface area (Å²) in [5.41, 5.74) is 3.16. The summed E-state index contributed by atoms with van der Waals surface area (Å²) in [4.78, 5) is 24.3. The number of para-hydroxylation sites is 1. The van der Waals surface area contributed by atoms with Crippen LogP contribution in [0, 0.1) is 13.8 Å². The summed E-state index contributed by atoms with van der Waals surface area (Å²) in [6.07, 6.45) is 0.786. The monoisotopic (exact) mass is 371 g/mol. The third-order valence-electron chi connectivity index (χ3n) is 4.84. The zero-order valence-electron chi connectivity index (χ0n) is 16.4. The number of rotatable bonds is 6. The van der Waals surface area contributed by atoms with Crippen molar-refractivity contribution in [1.29, 1.82) is 0 Å². The molecule has 3 rings (SSSR count). The molecule has 0 bridgehead atoms. The van der Waals surface area contributed by atoms with Gasteiger partial charge in [0, 0.05) is 36.0 Å². The lowest BCUT2D eigenvalue weighted by atomic mass is 10.0. The first kappa shape index (κ1) is 19.0. The van der Waals surface area contributed by atoms with Gasteiger partial charge in [-0.1, -0.05) is 12.1 Å². The zero-order chi connectivity index (χ0) is 19.8. The van der Waals surface area contributed by atoms with Crippen LogP contribution in [0.2, 0.25) is 0 Å². The molecule has 0 spiro atoms. The first-order valence-corrected chi connectivity index (χ1v) is 8.93. The van der Waals surface area contributed by atoms with Gasteiger partial charge in [-0.05, 0) is 39.8 Å². The number of hydrogen-bond donors (Lipinski definition) is 0. The maximum absolute atomic E-state index is 12.3. The van der Waals surface area contributed by atoms with E-state index in [0.717, 1.165) is 23.4 Å². The van der Waals surface area contributed by atoms with E-state index in [-0.39, 0.29) is 24.6 Å². The molecular formula is C21H25NO5. The summed E-state index contributed by atoms with van der Waals surface area (Å²) in [6, 6.07) is 7.41. The molecule has 1 aliphatic heterocycles. The standard InChI is InChI=1S/C21H25NO5/c1-13-9-16(14(2)22(13)5)17(23)11-26-19(24)12-25-18-8-6-7-15-10-21(3,4)27-20(15)18/h6-9H,10-12H2,1-5H3. The number of esters is 1. The van der Waals surface area contributed by atoms with Crippen molar-refractivity contribution in [3.05, 3.63) is 46.8 Å². The molecule has 27 heavy (non-hydrogen) atoms. The number of benzene rings is 1. The van der Waals surface area contributed by atoms with Gasteiger partial charge in [-0.25, -0.2) is 4.79 Å². The van der Waals surface area contributed by atoms with Gasteiger partial charge >= 0.3 is 5.97 Å². The van der Waals surface area contributed by atoms with Gasteiger partial charge in [0.1, 0.15) is 5.60 Å². The number of hydrogen-bond acceptors (Lipinski definition) is 5. The van der Waals surface area contributed by atoms with Gasteiger partial charge in [0.2, 0.25) is 5.78 Å². The number of ketones is 1. The molecule has 144 valence electrons. The minimum atomic E-state index is -0.594. The molecule has 0 saturated heterocycles. The normalized spacial score (nSPS) is 14.4. The van der Waals surface area contributed by atoms with Crippen molar-refractivity contribution in [1.82, 2.24) is 4.57 Å². The summed E-state index contributed by atoms with van der Waals surface area (Å²) in [6.45, 7) is 7.21. The molecule has 0 radical (unpaired) electrons. The Labute approximate surface area is 159 Å². The molecular weight excluding hydrogens is 346 g/mol. The molecule has 0 atom stereocenters. The molecule has 6 heteroatoms. The molecule has 0 saturated carbocycles. The van der Waals surface area contributed by atoms with Crippen molar-refractivity contribution in [2.24, 2.45) is 7.05 Å². The largest absolute Gasteiger partial charge is 0.483 e. The average molecular weight is 371 g/mol. The maximum atomic E-state index is 12.3. The summed E-state index contributed by atoms with van der Waals surface area (Å²) < 4.78 is 18.5. The first-order chi connectivity index (χ1) is 12.7. The van der Waals surface area contributed by atoms with Gasteiger partial charge < -0.3 is 18.8 Å². The van der Waals surface area contributed by atoms with Crippen LogP contribution in [-0.4, -0.2) is 35.1 Å².